The van der Waals surface area contributed by atoms with Crippen LogP contribution in [-0.2, 0) is 11.8 Å². The fourth-order valence-corrected chi connectivity index (χ4v) is 3.95. The molecule has 0 aliphatic carbocycles. The Bertz CT molecular complexity index is 776. The van der Waals surface area contributed by atoms with Gasteiger partial charge in [-0.2, -0.15) is 5.10 Å². The maximum atomic E-state index is 11.4. The van der Waals surface area contributed by atoms with Crippen molar-refractivity contribution in [3.8, 4) is 17.0 Å². The third-order valence-corrected chi connectivity index (χ3v) is 5.38. The van der Waals surface area contributed by atoms with Gasteiger partial charge in [-0.05, 0) is 51.0 Å². The summed E-state index contributed by atoms with van der Waals surface area (Å²) in [5, 5.41) is 7.10. The Labute approximate surface area is 161 Å². The second-order valence-electron chi connectivity index (χ2n) is 7.45. The van der Waals surface area contributed by atoms with E-state index in [1.54, 1.807) is 6.20 Å². The highest BCUT2D eigenvalue weighted by atomic mass is 16.5. The number of piperidine rings is 1. The second-order valence-corrected chi connectivity index (χ2v) is 7.45. The smallest absolute Gasteiger partial charge is 0.221 e. The molecule has 1 saturated heterocycles. The number of rotatable bonds is 6. The number of carbonyl (C=O) groups is 1. The van der Waals surface area contributed by atoms with Gasteiger partial charge in [-0.15, -0.1) is 0 Å². The zero-order valence-corrected chi connectivity index (χ0v) is 16.7. The molecule has 2 atom stereocenters. The summed E-state index contributed by atoms with van der Waals surface area (Å²) >= 11 is 0. The quantitative estimate of drug-likeness (QED) is 0.842. The van der Waals surface area contributed by atoms with Crippen LogP contribution < -0.4 is 10.1 Å². The lowest BCUT2D eigenvalue weighted by Gasteiger charge is -2.38. The molecule has 0 bridgehead atoms. The standard InChI is InChI=1S/C21H30N4O2/c1-15-6-5-7-16(2)25(15)12-13-27-21-9-8-18(23-17(3)26)14-19(21)20-10-11-22-24(20)4/h8-11,14-16H,5-7,12-13H2,1-4H3,(H,23,26). The summed E-state index contributed by atoms with van der Waals surface area (Å²) in [6, 6.07) is 8.92. The number of aromatic nitrogens is 2. The van der Waals surface area contributed by atoms with Gasteiger partial charge in [-0.25, -0.2) is 0 Å². The van der Waals surface area contributed by atoms with Crippen LogP contribution in [0.3, 0.4) is 0 Å². The summed E-state index contributed by atoms with van der Waals surface area (Å²) in [5.74, 6) is 0.720. The van der Waals surface area contributed by atoms with Crippen LogP contribution in [0.2, 0.25) is 0 Å². The molecule has 2 aromatic rings. The Morgan fingerprint density at radius 2 is 2.00 bits per heavy atom. The highest BCUT2D eigenvalue weighted by molar-refractivity contribution is 5.90. The van der Waals surface area contributed by atoms with E-state index in [9.17, 15) is 4.79 Å². The van der Waals surface area contributed by atoms with E-state index in [1.807, 2.05) is 36.0 Å². The van der Waals surface area contributed by atoms with Gasteiger partial charge in [0.25, 0.3) is 0 Å². The van der Waals surface area contributed by atoms with Crippen LogP contribution in [0.1, 0.15) is 40.0 Å². The van der Waals surface area contributed by atoms with Crippen LogP contribution in [0.5, 0.6) is 5.75 Å². The highest BCUT2D eigenvalue weighted by Crippen LogP contribution is 2.32. The van der Waals surface area contributed by atoms with Crippen molar-refractivity contribution in [2.75, 3.05) is 18.5 Å². The number of aryl methyl sites for hydroxylation is 1. The fourth-order valence-electron chi connectivity index (χ4n) is 3.95. The first kappa shape index (κ1) is 19.4. The lowest BCUT2D eigenvalue weighted by atomic mass is 9.98. The van der Waals surface area contributed by atoms with E-state index in [0.29, 0.717) is 18.7 Å². The van der Waals surface area contributed by atoms with E-state index in [4.69, 9.17) is 4.74 Å². The SMILES string of the molecule is CC(=O)Nc1ccc(OCCN2C(C)CCCC2C)c(-c2ccnn2C)c1. The molecule has 2 unspecified atom stereocenters. The number of hydrogen-bond acceptors (Lipinski definition) is 4. The molecule has 6 nitrogen and oxygen atoms in total. The molecule has 0 saturated carbocycles. The number of benzene rings is 1. The molecule has 0 spiro atoms. The molecule has 6 heteroatoms. The van der Waals surface area contributed by atoms with Crippen LogP contribution in [0.25, 0.3) is 11.3 Å². The molecular formula is C21H30N4O2. The van der Waals surface area contributed by atoms with Gasteiger partial charge in [0.2, 0.25) is 5.91 Å². The molecule has 3 rings (SSSR count). The first-order valence-electron chi connectivity index (χ1n) is 9.74. The Hall–Kier alpha value is -2.34. The summed E-state index contributed by atoms with van der Waals surface area (Å²) < 4.78 is 7.99. The first-order valence-corrected chi connectivity index (χ1v) is 9.74. The van der Waals surface area contributed by atoms with Crippen LogP contribution in [0.15, 0.2) is 30.5 Å². The number of nitrogens with one attached hydrogen (secondary N) is 1. The molecule has 146 valence electrons. The summed E-state index contributed by atoms with van der Waals surface area (Å²) in [7, 11) is 1.90. The van der Waals surface area contributed by atoms with E-state index < -0.39 is 0 Å². The molecular weight excluding hydrogens is 340 g/mol. The minimum Gasteiger partial charge on any atom is -0.492 e. The topological polar surface area (TPSA) is 59.4 Å². The van der Waals surface area contributed by atoms with E-state index in [0.717, 1.165) is 29.2 Å². The van der Waals surface area contributed by atoms with E-state index in [1.165, 1.54) is 26.2 Å². The van der Waals surface area contributed by atoms with Crippen LogP contribution in [0, 0.1) is 0 Å². The van der Waals surface area contributed by atoms with E-state index in [-0.39, 0.29) is 5.91 Å². The lowest BCUT2D eigenvalue weighted by molar-refractivity contribution is -0.114. The van der Waals surface area contributed by atoms with Gasteiger partial charge in [-0.3, -0.25) is 14.4 Å². The van der Waals surface area contributed by atoms with Crippen LogP contribution in [-0.4, -0.2) is 45.8 Å². The molecule has 2 heterocycles. The Morgan fingerprint density at radius 3 is 2.63 bits per heavy atom. The van der Waals surface area contributed by atoms with Crippen LogP contribution >= 0.6 is 0 Å². The molecule has 1 N–H and O–H groups in total. The maximum absolute atomic E-state index is 11.4. The van der Waals surface area contributed by atoms with Gasteiger partial charge < -0.3 is 10.1 Å². The summed E-state index contributed by atoms with van der Waals surface area (Å²) in [4.78, 5) is 13.9. The van der Waals surface area contributed by atoms with Gasteiger partial charge >= 0.3 is 0 Å². The molecule has 27 heavy (non-hydrogen) atoms. The van der Waals surface area contributed by atoms with Crippen LogP contribution in [0.4, 0.5) is 5.69 Å². The van der Waals surface area contributed by atoms with Crippen molar-refractivity contribution in [1.29, 1.82) is 0 Å². The molecule has 1 aliphatic rings. The molecule has 1 aromatic heterocycles. The number of carbonyl (C=O) groups excluding carboxylic acids is 1. The van der Waals surface area contributed by atoms with Crippen molar-refractivity contribution < 1.29 is 9.53 Å². The minimum atomic E-state index is -0.0901. The van der Waals surface area contributed by atoms with Gasteiger partial charge in [0, 0.05) is 50.0 Å². The largest absolute Gasteiger partial charge is 0.492 e. The number of anilines is 1. The van der Waals surface area contributed by atoms with Gasteiger partial charge in [0.1, 0.15) is 12.4 Å². The average molecular weight is 370 g/mol. The Morgan fingerprint density at radius 1 is 1.26 bits per heavy atom. The fraction of sp³-hybridized carbons (Fsp3) is 0.524. The summed E-state index contributed by atoms with van der Waals surface area (Å²) in [6.45, 7) is 7.67. The van der Waals surface area contributed by atoms with E-state index >= 15 is 0 Å². The van der Waals surface area contributed by atoms with Gasteiger partial charge in [0.05, 0.1) is 5.69 Å². The van der Waals surface area contributed by atoms with Crippen molar-refractivity contribution in [1.82, 2.24) is 14.7 Å². The predicted molar refractivity (Wildman–Crippen MR) is 108 cm³/mol. The minimum absolute atomic E-state index is 0.0901. The van der Waals surface area contributed by atoms with Crippen molar-refractivity contribution in [3.05, 3.63) is 30.5 Å². The number of likely N-dealkylation sites (tertiary alicyclic amines) is 1. The van der Waals surface area contributed by atoms with Gasteiger partial charge in [-0.1, -0.05) is 6.42 Å². The summed E-state index contributed by atoms with van der Waals surface area (Å²) in [6.07, 6.45) is 5.60. The molecule has 0 radical (unpaired) electrons. The maximum Gasteiger partial charge on any atom is 0.221 e. The Kier molecular flexibility index (Phi) is 6.16. The number of hydrogen-bond donors (Lipinski definition) is 1. The first-order chi connectivity index (χ1) is 13.0. The highest BCUT2D eigenvalue weighted by Gasteiger charge is 2.24. The normalized spacial score (nSPS) is 20.4. The Balaban J connectivity index is 1.76. The number of nitrogens with zero attached hydrogens (tertiary/aromatic N) is 3. The van der Waals surface area contributed by atoms with Crippen molar-refractivity contribution in [2.24, 2.45) is 7.05 Å². The molecule has 1 aliphatic heterocycles. The third kappa shape index (κ3) is 4.69. The molecule has 1 aromatic carbocycles. The van der Waals surface area contributed by atoms with Crippen molar-refractivity contribution in [3.63, 3.8) is 0 Å². The number of amides is 1. The lowest BCUT2D eigenvalue weighted by Crippen LogP contribution is -2.45. The molecule has 1 fully saturated rings. The molecule has 1 amide bonds. The van der Waals surface area contributed by atoms with E-state index in [2.05, 4.69) is 29.2 Å². The average Bonchev–Trinajstić information content (AvgIpc) is 3.04. The third-order valence-electron chi connectivity index (χ3n) is 5.38. The second kappa shape index (κ2) is 8.57. The zero-order valence-electron chi connectivity index (χ0n) is 16.7. The van der Waals surface area contributed by atoms with Crippen molar-refractivity contribution in [2.45, 2.75) is 52.1 Å². The van der Waals surface area contributed by atoms with Crippen molar-refractivity contribution >= 4 is 11.6 Å². The number of ether oxygens (including phenoxy) is 1. The van der Waals surface area contributed by atoms with Gasteiger partial charge in [0.15, 0.2) is 0 Å². The monoisotopic (exact) mass is 370 g/mol. The predicted octanol–water partition coefficient (Wildman–Crippen LogP) is 3.69. The summed E-state index contributed by atoms with van der Waals surface area (Å²) in [5.41, 5.74) is 2.64. The zero-order chi connectivity index (χ0) is 19.4.